The maximum absolute atomic E-state index is 11.5. The van der Waals surface area contributed by atoms with E-state index in [0.29, 0.717) is 17.7 Å². The van der Waals surface area contributed by atoms with Gasteiger partial charge in [0.05, 0.1) is 12.7 Å². The smallest absolute Gasteiger partial charge is 0.246 e. The number of aliphatic hydroxyl groups is 1. The average molecular weight is 278 g/mol. The Morgan fingerprint density at radius 2 is 2.16 bits per heavy atom. The number of sulfonamides is 1. The second kappa shape index (κ2) is 6.79. The molecular formula is C13H14N2O3S. The summed E-state index contributed by atoms with van der Waals surface area (Å²) in [6.07, 6.45) is 0.365. The summed E-state index contributed by atoms with van der Waals surface area (Å²) in [5.74, 6) is 5.05. The third-order valence-electron chi connectivity index (χ3n) is 2.23. The molecule has 5 nitrogen and oxygen atoms in total. The lowest BCUT2D eigenvalue weighted by atomic mass is 10.1. The SMILES string of the molecule is Cc1ccc(NS(=O)(=O)CC#N)cc1C#CCCO. The average Bonchev–Trinajstić information content (AvgIpc) is 2.33. The Hall–Kier alpha value is -2.02. The topological polar surface area (TPSA) is 90.2 Å². The molecule has 0 aliphatic carbocycles. The van der Waals surface area contributed by atoms with Gasteiger partial charge in [-0.05, 0) is 24.6 Å². The molecule has 0 radical (unpaired) electrons. The van der Waals surface area contributed by atoms with E-state index in [1.807, 2.05) is 6.92 Å². The van der Waals surface area contributed by atoms with E-state index in [2.05, 4.69) is 16.6 Å². The molecule has 0 aliphatic rings. The molecule has 0 heterocycles. The Balaban J connectivity index is 2.98. The summed E-state index contributed by atoms with van der Waals surface area (Å²) in [5, 5.41) is 17.1. The largest absolute Gasteiger partial charge is 0.395 e. The van der Waals surface area contributed by atoms with Crippen molar-refractivity contribution < 1.29 is 13.5 Å². The minimum atomic E-state index is -3.64. The minimum absolute atomic E-state index is 0.0134. The van der Waals surface area contributed by atoms with Gasteiger partial charge < -0.3 is 5.11 Å². The number of aliphatic hydroxyl groups excluding tert-OH is 1. The van der Waals surface area contributed by atoms with Crippen LogP contribution in [0.5, 0.6) is 0 Å². The first kappa shape index (κ1) is 15.0. The molecule has 0 amide bonds. The lowest BCUT2D eigenvalue weighted by Gasteiger charge is -2.07. The number of hydrogen-bond donors (Lipinski definition) is 2. The summed E-state index contributed by atoms with van der Waals surface area (Å²) >= 11 is 0. The number of rotatable bonds is 4. The third-order valence-corrected chi connectivity index (χ3v) is 3.28. The number of benzene rings is 1. The third kappa shape index (κ3) is 5.01. The van der Waals surface area contributed by atoms with Crippen LogP contribution in [0.25, 0.3) is 0 Å². The number of nitrogens with one attached hydrogen (secondary N) is 1. The highest BCUT2D eigenvalue weighted by Gasteiger charge is 2.09. The van der Waals surface area contributed by atoms with Gasteiger partial charge in [-0.15, -0.1) is 0 Å². The fourth-order valence-corrected chi connectivity index (χ4v) is 2.06. The van der Waals surface area contributed by atoms with Crippen LogP contribution in [0, 0.1) is 30.1 Å². The monoisotopic (exact) mass is 278 g/mol. The van der Waals surface area contributed by atoms with Gasteiger partial charge in [-0.3, -0.25) is 4.72 Å². The number of nitriles is 1. The van der Waals surface area contributed by atoms with Crippen molar-refractivity contribution in [1.29, 1.82) is 5.26 Å². The van der Waals surface area contributed by atoms with E-state index in [1.54, 1.807) is 24.3 Å². The van der Waals surface area contributed by atoms with E-state index in [-0.39, 0.29) is 6.61 Å². The predicted molar refractivity (Wildman–Crippen MR) is 72.8 cm³/mol. The molecule has 1 rings (SSSR count). The molecule has 0 saturated carbocycles. The molecule has 19 heavy (non-hydrogen) atoms. The normalized spacial score (nSPS) is 10.2. The highest BCUT2D eigenvalue weighted by molar-refractivity contribution is 7.92. The molecule has 2 N–H and O–H groups in total. The van der Waals surface area contributed by atoms with Crippen molar-refractivity contribution in [1.82, 2.24) is 0 Å². The lowest BCUT2D eigenvalue weighted by molar-refractivity contribution is 0.305. The van der Waals surface area contributed by atoms with Crippen LogP contribution in [0.4, 0.5) is 5.69 Å². The van der Waals surface area contributed by atoms with E-state index in [9.17, 15) is 8.42 Å². The van der Waals surface area contributed by atoms with Crippen LogP contribution in [0.1, 0.15) is 17.5 Å². The molecular weight excluding hydrogens is 264 g/mol. The van der Waals surface area contributed by atoms with Gasteiger partial charge in [0.1, 0.15) is 0 Å². The second-order valence-corrected chi connectivity index (χ2v) is 5.55. The molecule has 0 spiro atoms. The Labute approximate surface area is 112 Å². The Morgan fingerprint density at radius 3 is 2.79 bits per heavy atom. The molecule has 0 unspecified atom stereocenters. The zero-order valence-corrected chi connectivity index (χ0v) is 11.3. The number of aryl methyl sites for hydroxylation is 1. The Morgan fingerprint density at radius 1 is 1.42 bits per heavy atom. The highest BCUT2D eigenvalue weighted by atomic mass is 32.2. The van der Waals surface area contributed by atoms with Gasteiger partial charge in [0.15, 0.2) is 5.75 Å². The highest BCUT2D eigenvalue weighted by Crippen LogP contribution is 2.15. The molecule has 6 heteroatoms. The Kier molecular flexibility index (Phi) is 5.37. The van der Waals surface area contributed by atoms with Crippen molar-refractivity contribution in [2.75, 3.05) is 17.1 Å². The molecule has 0 aromatic heterocycles. The summed E-state index contributed by atoms with van der Waals surface area (Å²) in [7, 11) is -3.64. The summed E-state index contributed by atoms with van der Waals surface area (Å²) in [4.78, 5) is 0. The minimum Gasteiger partial charge on any atom is -0.395 e. The maximum Gasteiger partial charge on any atom is 0.246 e. The van der Waals surface area contributed by atoms with Crippen LogP contribution < -0.4 is 4.72 Å². The van der Waals surface area contributed by atoms with E-state index >= 15 is 0 Å². The first-order valence-corrected chi connectivity index (χ1v) is 7.21. The molecule has 0 saturated heterocycles. The maximum atomic E-state index is 11.5. The number of nitrogens with zero attached hydrogens (tertiary/aromatic N) is 1. The van der Waals surface area contributed by atoms with Crippen molar-refractivity contribution >= 4 is 15.7 Å². The quantitative estimate of drug-likeness (QED) is 0.804. The van der Waals surface area contributed by atoms with Crippen molar-refractivity contribution in [2.45, 2.75) is 13.3 Å². The predicted octanol–water partition coefficient (Wildman–Crippen LogP) is 0.994. The van der Waals surface area contributed by atoms with Crippen molar-refractivity contribution in [3.8, 4) is 17.9 Å². The zero-order chi connectivity index (χ0) is 14.3. The second-order valence-electron chi connectivity index (χ2n) is 3.82. The fraction of sp³-hybridized carbons (Fsp3) is 0.308. The van der Waals surface area contributed by atoms with Crippen molar-refractivity contribution in [3.63, 3.8) is 0 Å². The zero-order valence-electron chi connectivity index (χ0n) is 10.5. The molecule has 0 bridgehead atoms. The fourth-order valence-electron chi connectivity index (χ4n) is 1.33. The van der Waals surface area contributed by atoms with E-state index in [1.165, 1.54) is 0 Å². The van der Waals surface area contributed by atoms with E-state index < -0.39 is 15.8 Å². The van der Waals surface area contributed by atoms with Gasteiger partial charge >= 0.3 is 0 Å². The first-order chi connectivity index (χ1) is 8.98. The van der Waals surface area contributed by atoms with Crippen LogP contribution in [0.2, 0.25) is 0 Å². The first-order valence-electron chi connectivity index (χ1n) is 5.56. The lowest BCUT2D eigenvalue weighted by Crippen LogP contribution is -2.15. The summed E-state index contributed by atoms with van der Waals surface area (Å²) in [6, 6.07) is 6.55. The molecule has 1 aromatic carbocycles. The van der Waals surface area contributed by atoms with Gasteiger partial charge in [0, 0.05) is 17.7 Å². The van der Waals surface area contributed by atoms with Crippen LogP contribution in [0.15, 0.2) is 18.2 Å². The van der Waals surface area contributed by atoms with E-state index in [4.69, 9.17) is 10.4 Å². The van der Waals surface area contributed by atoms with E-state index in [0.717, 1.165) is 5.56 Å². The van der Waals surface area contributed by atoms with Crippen LogP contribution in [0.3, 0.4) is 0 Å². The summed E-state index contributed by atoms with van der Waals surface area (Å²) in [6.45, 7) is 1.84. The number of anilines is 1. The summed E-state index contributed by atoms with van der Waals surface area (Å²) < 4.78 is 25.2. The molecule has 0 aliphatic heterocycles. The van der Waals surface area contributed by atoms with Crippen LogP contribution in [-0.4, -0.2) is 25.9 Å². The van der Waals surface area contributed by atoms with Crippen molar-refractivity contribution in [3.05, 3.63) is 29.3 Å². The van der Waals surface area contributed by atoms with Gasteiger partial charge in [0.2, 0.25) is 10.0 Å². The standard InChI is InChI=1S/C13H14N2O3S/c1-11-5-6-13(15-19(17,18)9-7-14)10-12(11)4-2-3-8-16/h5-6,10,15-16H,3,8-9H2,1H3. The van der Waals surface area contributed by atoms with Crippen molar-refractivity contribution in [2.24, 2.45) is 0 Å². The van der Waals surface area contributed by atoms with Crippen LogP contribution >= 0.6 is 0 Å². The molecule has 0 fully saturated rings. The van der Waals surface area contributed by atoms with Gasteiger partial charge in [0.25, 0.3) is 0 Å². The summed E-state index contributed by atoms with van der Waals surface area (Å²) in [5.41, 5.74) is 1.97. The number of hydrogen-bond acceptors (Lipinski definition) is 4. The Bertz CT molecular complexity index is 649. The molecule has 100 valence electrons. The van der Waals surface area contributed by atoms with Crippen LogP contribution in [-0.2, 0) is 10.0 Å². The van der Waals surface area contributed by atoms with Gasteiger partial charge in [-0.2, -0.15) is 5.26 Å². The van der Waals surface area contributed by atoms with Gasteiger partial charge in [-0.1, -0.05) is 17.9 Å². The molecule has 1 aromatic rings. The molecule has 0 atom stereocenters. The van der Waals surface area contributed by atoms with Gasteiger partial charge in [-0.25, -0.2) is 8.42 Å².